The molecule has 0 saturated carbocycles. The molecule has 1 fully saturated rings. The third-order valence-electron chi connectivity index (χ3n) is 5.30. The van der Waals surface area contributed by atoms with Gasteiger partial charge >= 0.3 is 0 Å². The zero-order chi connectivity index (χ0) is 18.0. The molecule has 3 rings (SSSR count). The highest BCUT2D eigenvalue weighted by atomic mass is 16.2. The highest BCUT2D eigenvalue weighted by molar-refractivity contribution is 5.87. The molecular weight excluding hydrogens is 310 g/mol. The van der Waals surface area contributed by atoms with Crippen LogP contribution in [-0.2, 0) is 10.3 Å². The fourth-order valence-corrected chi connectivity index (χ4v) is 3.46. The molecule has 0 aromatic heterocycles. The maximum absolute atomic E-state index is 13.0. The first-order valence-corrected chi connectivity index (χ1v) is 8.86. The van der Waals surface area contributed by atoms with Gasteiger partial charge in [-0.25, -0.2) is 0 Å². The maximum Gasteiger partial charge on any atom is 0.247 e. The molecule has 1 saturated heterocycles. The lowest BCUT2D eigenvalue weighted by molar-refractivity contribution is -0.137. The van der Waals surface area contributed by atoms with Crippen molar-refractivity contribution in [2.24, 2.45) is 5.73 Å². The topological polar surface area (TPSA) is 49.6 Å². The van der Waals surface area contributed by atoms with Gasteiger partial charge in [-0.05, 0) is 43.5 Å². The Bertz CT molecular complexity index is 747. The molecule has 2 aromatic rings. The number of nitrogens with zero attached hydrogens (tertiary/aromatic N) is 2. The van der Waals surface area contributed by atoms with E-state index in [4.69, 9.17) is 5.73 Å². The number of amides is 1. The molecule has 132 valence electrons. The van der Waals surface area contributed by atoms with Crippen LogP contribution >= 0.6 is 0 Å². The van der Waals surface area contributed by atoms with Crippen molar-refractivity contribution in [1.29, 1.82) is 0 Å². The zero-order valence-electron chi connectivity index (χ0n) is 15.3. The number of hydrogen-bond acceptors (Lipinski definition) is 3. The number of hydrogen-bond donors (Lipinski definition) is 1. The van der Waals surface area contributed by atoms with E-state index in [0.717, 1.165) is 18.7 Å². The van der Waals surface area contributed by atoms with Gasteiger partial charge in [0.25, 0.3) is 0 Å². The minimum atomic E-state index is -0.983. The predicted molar refractivity (Wildman–Crippen MR) is 103 cm³/mol. The normalized spacial score (nSPS) is 17.3. The third kappa shape index (κ3) is 3.40. The number of piperazine rings is 1. The summed E-state index contributed by atoms with van der Waals surface area (Å²) in [4.78, 5) is 17.2. The zero-order valence-corrected chi connectivity index (χ0v) is 15.3. The smallest absolute Gasteiger partial charge is 0.247 e. The highest BCUT2D eigenvalue weighted by Gasteiger charge is 2.35. The second kappa shape index (κ2) is 6.89. The Hall–Kier alpha value is -2.33. The first-order chi connectivity index (χ1) is 11.9. The van der Waals surface area contributed by atoms with Gasteiger partial charge in [0.05, 0.1) is 0 Å². The van der Waals surface area contributed by atoms with Crippen molar-refractivity contribution in [2.45, 2.75) is 26.3 Å². The van der Waals surface area contributed by atoms with E-state index in [2.05, 4.69) is 36.9 Å². The monoisotopic (exact) mass is 337 g/mol. The van der Waals surface area contributed by atoms with Gasteiger partial charge in [-0.15, -0.1) is 0 Å². The molecule has 0 radical (unpaired) electrons. The molecule has 4 heteroatoms. The number of nitrogens with two attached hydrogens (primary N) is 1. The van der Waals surface area contributed by atoms with Crippen LogP contribution in [0.5, 0.6) is 0 Å². The molecule has 25 heavy (non-hydrogen) atoms. The van der Waals surface area contributed by atoms with E-state index >= 15 is 0 Å². The summed E-state index contributed by atoms with van der Waals surface area (Å²) < 4.78 is 0. The largest absolute Gasteiger partial charge is 0.368 e. The van der Waals surface area contributed by atoms with Gasteiger partial charge in [-0.2, -0.15) is 0 Å². The van der Waals surface area contributed by atoms with Crippen LogP contribution in [0.15, 0.2) is 48.5 Å². The number of rotatable bonds is 3. The van der Waals surface area contributed by atoms with Crippen molar-refractivity contribution in [3.8, 4) is 0 Å². The minimum absolute atomic E-state index is 0.000635. The van der Waals surface area contributed by atoms with Crippen molar-refractivity contribution in [3.05, 3.63) is 65.2 Å². The van der Waals surface area contributed by atoms with E-state index in [0.29, 0.717) is 13.1 Å². The molecule has 1 aliphatic heterocycles. The highest BCUT2D eigenvalue weighted by Crippen LogP contribution is 2.25. The summed E-state index contributed by atoms with van der Waals surface area (Å²) in [6.45, 7) is 9.17. The van der Waals surface area contributed by atoms with Crippen molar-refractivity contribution >= 4 is 11.6 Å². The van der Waals surface area contributed by atoms with Crippen LogP contribution in [0.2, 0.25) is 0 Å². The predicted octanol–water partition coefficient (Wildman–Crippen LogP) is 2.83. The van der Waals surface area contributed by atoms with Crippen molar-refractivity contribution in [1.82, 2.24) is 4.90 Å². The molecule has 0 aliphatic carbocycles. The molecule has 1 unspecified atom stereocenters. The van der Waals surface area contributed by atoms with Crippen molar-refractivity contribution in [3.63, 3.8) is 0 Å². The molecule has 1 aliphatic rings. The van der Waals surface area contributed by atoms with Crippen LogP contribution in [0.3, 0.4) is 0 Å². The first-order valence-electron chi connectivity index (χ1n) is 8.86. The molecule has 1 atom stereocenters. The Balaban J connectivity index is 1.70. The molecular formula is C21H27N3O. The molecule has 1 heterocycles. The molecule has 4 nitrogen and oxygen atoms in total. The van der Waals surface area contributed by atoms with Crippen LogP contribution in [0.25, 0.3) is 0 Å². The average Bonchev–Trinajstić information content (AvgIpc) is 2.64. The Kier molecular flexibility index (Phi) is 4.82. The summed E-state index contributed by atoms with van der Waals surface area (Å²) in [5.74, 6) is -0.000635. The maximum atomic E-state index is 13.0. The quantitative estimate of drug-likeness (QED) is 0.937. The van der Waals surface area contributed by atoms with E-state index in [1.807, 2.05) is 42.2 Å². The van der Waals surface area contributed by atoms with E-state index in [1.165, 1.54) is 16.8 Å². The lowest BCUT2D eigenvalue weighted by atomic mass is 9.91. The fraction of sp³-hybridized carbons (Fsp3) is 0.381. The van der Waals surface area contributed by atoms with Crippen LogP contribution in [0.4, 0.5) is 5.69 Å². The summed E-state index contributed by atoms with van der Waals surface area (Å²) in [5.41, 5.74) is 10.2. The number of anilines is 1. The van der Waals surface area contributed by atoms with Crippen molar-refractivity contribution in [2.75, 3.05) is 31.1 Å². The van der Waals surface area contributed by atoms with Crippen LogP contribution in [-0.4, -0.2) is 37.0 Å². The number of aryl methyl sites for hydroxylation is 1. The fourth-order valence-electron chi connectivity index (χ4n) is 3.46. The summed E-state index contributed by atoms with van der Waals surface area (Å²) in [6.07, 6.45) is 0. The summed E-state index contributed by atoms with van der Waals surface area (Å²) in [5, 5.41) is 0. The van der Waals surface area contributed by atoms with Gasteiger partial charge in [0.15, 0.2) is 0 Å². The van der Waals surface area contributed by atoms with Crippen LogP contribution in [0, 0.1) is 13.8 Å². The molecule has 0 spiro atoms. The molecule has 0 bridgehead atoms. The number of carbonyl (C=O) groups excluding carboxylic acids is 1. The second-order valence-corrected chi connectivity index (χ2v) is 7.07. The van der Waals surface area contributed by atoms with E-state index in [1.54, 1.807) is 0 Å². The van der Waals surface area contributed by atoms with E-state index in [-0.39, 0.29) is 5.91 Å². The van der Waals surface area contributed by atoms with Gasteiger partial charge in [-0.3, -0.25) is 4.79 Å². The van der Waals surface area contributed by atoms with Gasteiger partial charge in [-0.1, -0.05) is 42.5 Å². The summed E-state index contributed by atoms with van der Waals surface area (Å²) in [6, 6.07) is 16.0. The average molecular weight is 337 g/mol. The third-order valence-corrected chi connectivity index (χ3v) is 5.30. The lowest BCUT2D eigenvalue weighted by Gasteiger charge is -2.40. The van der Waals surface area contributed by atoms with Gasteiger partial charge < -0.3 is 15.5 Å². The minimum Gasteiger partial charge on any atom is -0.368 e. The molecule has 2 N–H and O–H groups in total. The molecule has 2 aromatic carbocycles. The standard InChI is InChI=1S/C21H27N3O/c1-16-8-7-11-19(17(16)2)23-12-14-24(15-13-23)20(25)21(3,22)18-9-5-4-6-10-18/h4-11H,12-15,22H2,1-3H3. The Morgan fingerprint density at radius 2 is 1.60 bits per heavy atom. The van der Waals surface area contributed by atoms with Gasteiger partial charge in [0.1, 0.15) is 5.54 Å². The Labute approximate surface area is 150 Å². The lowest BCUT2D eigenvalue weighted by Crippen LogP contribution is -2.56. The summed E-state index contributed by atoms with van der Waals surface area (Å²) in [7, 11) is 0. The van der Waals surface area contributed by atoms with Gasteiger partial charge in [0.2, 0.25) is 5.91 Å². The van der Waals surface area contributed by atoms with E-state index < -0.39 is 5.54 Å². The first kappa shape index (κ1) is 17.5. The van der Waals surface area contributed by atoms with Crippen LogP contribution < -0.4 is 10.6 Å². The molecule has 1 amide bonds. The van der Waals surface area contributed by atoms with Gasteiger partial charge in [0, 0.05) is 31.9 Å². The summed E-state index contributed by atoms with van der Waals surface area (Å²) >= 11 is 0. The number of benzene rings is 2. The Morgan fingerprint density at radius 1 is 0.960 bits per heavy atom. The second-order valence-electron chi connectivity index (χ2n) is 7.07. The van der Waals surface area contributed by atoms with Crippen LogP contribution in [0.1, 0.15) is 23.6 Å². The SMILES string of the molecule is Cc1cccc(N2CCN(C(=O)C(C)(N)c3ccccc3)CC2)c1C. The van der Waals surface area contributed by atoms with E-state index in [9.17, 15) is 4.79 Å². The van der Waals surface area contributed by atoms with Crippen molar-refractivity contribution < 1.29 is 4.79 Å². The number of carbonyl (C=O) groups is 1. The Morgan fingerprint density at radius 3 is 2.24 bits per heavy atom.